The molecular formula is C11H13ClO4. The van der Waals surface area contributed by atoms with Crippen molar-refractivity contribution in [1.29, 1.82) is 0 Å². The first-order valence-corrected chi connectivity index (χ1v) is 4.99. The summed E-state index contributed by atoms with van der Waals surface area (Å²) in [5.74, 6) is -0.460. The molecule has 16 heavy (non-hydrogen) atoms. The monoisotopic (exact) mass is 244 g/mol. The Morgan fingerprint density at radius 1 is 1.44 bits per heavy atom. The van der Waals surface area contributed by atoms with Crippen molar-refractivity contribution < 1.29 is 19.4 Å². The van der Waals surface area contributed by atoms with Gasteiger partial charge in [0, 0.05) is 5.56 Å². The van der Waals surface area contributed by atoms with E-state index in [0.717, 1.165) is 5.56 Å². The summed E-state index contributed by atoms with van der Waals surface area (Å²) in [5.41, 5.74) is 1.10. The van der Waals surface area contributed by atoms with Gasteiger partial charge in [-0.15, -0.1) is 0 Å². The summed E-state index contributed by atoms with van der Waals surface area (Å²) >= 11 is 6.00. The van der Waals surface area contributed by atoms with Gasteiger partial charge >= 0.3 is 5.97 Å². The molecule has 1 atom stereocenters. The van der Waals surface area contributed by atoms with Crippen LogP contribution >= 0.6 is 11.6 Å². The molecule has 0 saturated carbocycles. The number of aliphatic hydroxyl groups is 1. The van der Waals surface area contributed by atoms with E-state index in [1.54, 1.807) is 19.1 Å². The standard InChI is InChI=1S/C11H13ClO4/c1-6-4-5-7(9(13)11(14)16-3)10(15-2)8(6)12/h4-5,9,13H,1-3H3. The Balaban J connectivity index is 3.23. The van der Waals surface area contributed by atoms with Gasteiger partial charge in [0.1, 0.15) is 5.75 Å². The van der Waals surface area contributed by atoms with Gasteiger partial charge in [-0.1, -0.05) is 23.7 Å². The first kappa shape index (κ1) is 12.8. The van der Waals surface area contributed by atoms with Crippen molar-refractivity contribution in [3.05, 3.63) is 28.3 Å². The Bertz CT molecular complexity index is 403. The van der Waals surface area contributed by atoms with E-state index in [1.807, 2.05) is 0 Å². The number of benzene rings is 1. The van der Waals surface area contributed by atoms with Crippen molar-refractivity contribution >= 4 is 17.6 Å². The summed E-state index contributed by atoms with van der Waals surface area (Å²) in [6, 6.07) is 3.29. The zero-order valence-corrected chi connectivity index (χ0v) is 10.0. The van der Waals surface area contributed by atoms with Crippen molar-refractivity contribution in [1.82, 2.24) is 0 Å². The molecule has 0 radical (unpaired) electrons. The number of carbonyl (C=O) groups excluding carboxylic acids is 1. The number of halogens is 1. The number of hydrogen-bond acceptors (Lipinski definition) is 4. The van der Waals surface area contributed by atoms with E-state index in [4.69, 9.17) is 16.3 Å². The second-order valence-corrected chi connectivity index (χ2v) is 3.62. The number of aliphatic hydroxyl groups excluding tert-OH is 1. The lowest BCUT2D eigenvalue weighted by atomic mass is 10.1. The number of aryl methyl sites for hydroxylation is 1. The number of methoxy groups -OCH3 is 2. The Labute approximate surface area is 98.7 Å². The van der Waals surface area contributed by atoms with Crippen LogP contribution in [0.15, 0.2) is 12.1 Å². The van der Waals surface area contributed by atoms with E-state index in [1.165, 1.54) is 14.2 Å². The highest BCUT2D eigenvalue weighted by molar-refractivity contribution is 6.33. The lowest BCUT2D eigenvalue weighted by Gasteiger charge is -2.15. The molecule has 0 aliphatic carbocycles. The normalized spacial score (nSPS) is 12.1. The predicted molar refractivity (Wildman–Crippen MR) is 59.7 cm³/mol. The maximum atomic E-state index is 11.2. The van der Waals surface area contributed by atoms with Crippen LogP contribution in [0.4, 0.5) is 0 Å². The Morgan fingerprint density at radius 2 is 2.06 bits per heavy atom. The van der Waals surface area contributed by atoms with Crippen LogP contribution in [0.25, 0.3) is 0 Å². The second kappa shape index (κ2) is 5.18. The first-order valence-electron chi connectivity index (χ1n) is 4.61. The SMILES string of the molecule is COC(=O)C(O)c1ccc(C)c(Cl)c1OC. The summed E-state index contributed by atoms with van der Waals surface area (Å²) in [5, 5.41) is 10.1. The van der Waals surface area contributed by atoms with Gasteiger partial charge in [0.25, 0.3) is 0 Å². The van der Waals surface area contributed by atoms with Crippen LogP contribution in [-0.2, 0) is 9.53 Å². The summed E-state index contributed by atoms with van der Waals surface area (Å²) in [7, 11) is 2.63. The molecule has 0 bridgehead atoms. The van der Waals surface area contributed by atoms with Gasteiger partial charge in [0.05, 0.1) is 19.2 Å². The fourth-order valence-corrected chi connectivity index (χ4v) is 1.58. The van der Waals surface area contributed by atoms with Crippen molar-refractivity contribution in [2.24, 2.45) is 0 Å². The van der Waals surface area contributed by atoms with Crippen LogP contribution in [0.3, 0.4) is 0 Å². The highest BCUT2D eigenvalue weighted by Crippen LogP contribution is 2.35. The van der Waals surface area contributed by atoms with E-state index in [2.05, 4.69) is 4.74 Å². The van der Waals surface area contributed by atoms with Gasteiger partial charge in [-0.2, -0.15) is 0 Å². The molecule has 0 amide bonds. The van der Waals surface area contributed by atoms with Gasteiger partial charge < -0.3 is 14.6 Å². The molecular weight excluding hydrogens is 232 g/mol. The lowest BCUT2D eigenvalue weighted by Crippen LogP contribution is -2.14. The first-order chi connectivity index (χ1) is 7.52. The molecule has 0 aliphatic heterocycles. The fraction of sp³-hybridized carbons (Fsp3) is 0.364. The minimum absolute atomic E-state index is 0.291. The number of rotatable bonds is 3. The predicted octanol–water partition coefficient (Wildman–Crippen LogP) is 1.86. The van der Waals surface area contributed by atoms with Crippen LogP contribution in [0.1, 0.15) is 17.2 Å². The molecule has 1 aromatic carbocycles. The second-order valence-electron chi connectivity index (χ2n) is 3.24. The number of ether oxygens (including phenoxy) is 2. The van der Waals surface area contributed by atoms with E-state index in [0.29, 0.717) is 16.3 Å². The molecule has 1 N–H and O–H groups in total. The molecule has 0 spiro atoms. The molecule has 4 nitrogen and oxygen atoms in total. The topological polar surface area (TPSA) is 55.8 Å². The van der Waals surface area contributed by atoms with Crippen LogP contribution in [0.2, 0.25) is 5.02 Å². The highest BCUT2D eigenvalue weighted by Gasteiger charge is 2.23. The van der Waals surface area contributed by atoms with Crippen LogP contribution in [-0.4, -0.2) is 25.3 Å². The zero-order chi connectivity index (χ0) is 12.3. The van der Waals surface area contributed by atoms with Gasteiger partial charge in [-0.25, -0.2) is 4.79 Å². The van der Waals surface area contributed by atoms with Crippen LogP contribution in [0, 0.1) is 6.92 Å². The average Bonchev–Trinajstić information content (AvgIpc) is 2.30. The minimum Gasteiger partial charge on any atom is -0.495 e. The molecule has 1 aromatic rings. The summed E-state index contributed by atoms with van der Waals surface area (Å²) in [4.78, 5) is 11.2. The summed E-state index contributed by atoms with van der Waals surface area (Å²) < 4.78 is 9.52. The smallest absolute Gasteiger partial charge is 0.339 e. The molecule has 1 rings (SSSR count). The maximum Gasteiger partial charge on any atom is 0.339 e. The van der Waals surface area contributed by atoms with Crippen molar-refractivity contribution in [2.75, 3.05) is 14.2 Å². The fourth-order valence-electron chi connectivity index (χ4n) is 1.33. The molecule has 5 heteroatoms. The highest BCUT2D eigenvalue weighted by atomic mass is 35.5. The molecule has 0 aliphatic rings. The van der Waals surface area contributed by atoms with Gasteiger partial charge in [-0.05, 0) is 12.5 Å². The Morgan fingerprint density at radius 3 is 2.56 bits per heavy atom. The Kier molecular flexibility index (Phi) is 4.15. The molecule has 0 saturated heterocycles. The van der Waals surface area contributed by atoms with Crippen LogP contribution < -0.4 is 4.74 Å². The molecule has 0 aromatic heterocycles. The summed E-state index contributed by atoms with van der Waals surface area (Å²) in [6.45, 7) is 1.80. The van der Waals surface area contributed by atoms with Crippen LogP contribution in [0.5, 0.6) is 5.75 Å². The summed E-state index contributed by atoms with van der Waals surface area (Å²) in [6.07, 6.45) is -1.39. The van der Waals surface area contributed by atoms with E-state index in [-0.39, 0.29) is 0 Å². The maximum absolute atomic E-state index is 11.2. The third-order valence-electron chi connectivity index (χ3n) is 2.24. The van der Waals surface area contributed by atoms with Gasteiger partial charge in [-0.3, -0.25) is 0 Å². The molecule has 1 unspecified atom stereocenters. The van der Waals surface area contributed by atoms with Gasteiger partial charge in [0.2, 0.25) is 0 Å². The van der Waals surface area contributed by atoms with E-state index in [9.17, 15) is 9.90 Å². The minimum atomic E-state index is -1.39. The number of hydrogen-bond donors (Lipinski definition) is 1. The van der Waals surface area contributed by atoms with E-state index < -0.39 is 12.1 Å². The largest absolute Gasteiger partial charge is 0.495 e. The molecule has 0 heterocycles. The molecule has 0 fully saturated rings. The number of esters is 1. The molecule has 88 valence electrons. The third kappa shape index (κ3) is 2.28. The average molecular weight is 245 g/mol. The Hall–Kier alpha value is -1.26. The zero-order valence-electron chi connectivity index (χ0n) is 9.28. The quantitative estimate of drug-likeness (QED) is 0.825. The van der Waals surface area contributed by atoms with Crippen molar-refractivity contribution in [2.45, 2.75) is 13.0 Å². The number of carbonyl (C=O) groups is 1. The lowest BCUT2D eigenvalue weighted by molar-refractivity contribution is -0.150. The van der Waals surface area contributed by atoms with E-state index >= 15 is 0 Å². The van der Waals surface area contributed by atoms with Crippen molar-refractivity contribution in [3.63, 3.8) is 0 Å². The third-order valence-corrected chi connectivity index (χ3v) is 2.71. The van der Waals surface area contributed by atoms with Crippen molar-refractivity contribution in [3.8, 4) is 5.75 Å². The van der Waals surface area contributed by atoms with Gasteiger partial charge in [0.15, 0.2) is 6.10 Å².